The van der Waals surface area contributed by atoms with Crippen LogP contribution < -0.4 is 16.0 Å². The van der Waals surface area contributed by atoms with E-state index in [1.807, 2.05) is 18.2 Å². The standard InChI is InChI=1S/C12H15N3O/c13-8-4-5-9-11(7-8)15-6-2-1-3-10(15)12(16)14-9/h4-5,7,10H,1-3,6,13H2,(H,14,16). The molecule has 1 fully saturated rings. The molecule has 1 aromatic rings. The first-order valence-corrected chi connectivity index (χ1v) is 5.73. The Morgan fingerprint density at radius 3 is 3.12 bits per heavy atom. The van der Waals surface area contributed by atoms with E-state index >= 15 is 0 Å². The van der Waals surface area contributed by atoms with Gasteiger partial charge in [-0.15, -0.1) is 0 Å². The van der Waals surface area contributed by atoms with Gasteiger partial charge in [0.2, 0.25) is 5.91 Å². The summed E-state index contributed by atoms with van der Waals surface area (Å²) in [5.41, 5.74) is 8.51. The molecule has 0 aromatic heterocycles. The summed E-state index contributed by atoms with van der Waals surface area (Å²) in [6, 6.07) is 5.66. The Bertz CT molecular complexity index is 444. The Morgan fingerprint density at radius 1 is 1.38 bits per heavy atom. The van der Waals surface area contributed by atoms with E-state index in [0.717, 1.165) is 42.9 Å². The summed E-state index contributed by atoms with van der Waals surface area (Å²) in [5.74, 6) is 0.122. The third-order valence-electron chi connectivity index (χ3n) is 3.39. The molecular weight excluding hydrogens is 202 g/mol. The highest BCUT2D eigenvalue weighted by molar-refractivity contribution is 6.04. The predicted molar refractivity (Wildman–Crippen MR) is 64.5 cm³/mol. The van der Waals surface area contributed by atoms with Gasteiger partial charge >= 0.3 is 0 Å². The van der Waals surface area contributed by atoms with E-state index < -0.39 is 0 Å². The summed E-state index contributed by atoms with van der Waals surface area (Å²) in [6.45, 7) is 0.953. The fraction of sp³-hybridized carbons (Fsp3) is 0.417. The van der Waals surface area contributed by atoms with Gasteiger partial charge in [-0.25, -0.2) is 0 Å². The Balaban J connectivity index is 2.07. The van der Waals surface area contributed by atoms with Crippen LogP contribution in [0.2, 0.25) is 0 Å². The molecule has 0 saturated carbocycles. The number of fused-ring (bicyclic) bond motifs is 3. The lowest BCUT2D eigenvalue weighted by atomic mass is 9.97. The normalized spacial score (nSPS) is 23.4. The van der Waals surface area contributed by atoms with E-state index in [0.29, 0.717) is 0 Å². The lowest BCUT2D eigenvalue weighted by Crippen LogP contribution is -2.50. The van der Waals surface area contributed by atoms with Gasteiger partial charge in [0, 0.05) is 12.2 Å². The summed E-state index contributed by atoms with van der Waals surface area (Å²) in [7, 11) is 0. The number of hydrogen-bond acceptors (Lipinski definition) is 3. The number of rotatable bonds is 0. The molecule has 0 bridgehead atoms. The molecule has 1 unspecified atom stereocenters. The van der Waals surface area contributed by atoms with Crippen molar-refractivity contribution in [3.05, 3.63) is 18.2 Å². The van der Waals surface area contributed by atoms with Crippen LogP contribution in [0.5, 0.6) is 0 Å². The van der Waals surface area contributed by atoms with Crippen LogP contribution in [0.1, 0.15) is 19.3 Å². The Hall–Kier alpha value is -1.71. The molecule has 4 heteroatoms. The first-order chi connectivity index (χ1) is 7.75. The van der Waals surface area contributed by atoms with Crippen LogP contribution in [0.4, 0.5) is 17.1 Å². The second-order valence-electron chi connectivity index (χ2n) is 4.47. The second-order valence-corrected chi connectivity index (χ2v) is 4.47. The fourth-order valence-corrected chi connectivity index (χ4v) is 2.60. The molecule has 2 heterocycles. The summed E-state index contributed by atoms with van der Waals surface area (Å²) in [4.78, 5) is 14.1. The van der Waals surface area contributed by atoms with Crippen LogP contribution in [0.15, 0.2) is 18.2 Å². The lowest BCUT2D eigenvalue weighted by Gasteiger charge is -2.41. The molecule has 3 N–H and O–H groups in total. The topological polar surface area (TPSA) is 58.4 Å². The second kappa shape index (κ2) is 3.40. The molecule has 0 aliphatic carbocycles. The number of amides is 1. The van der Waals surface area contributed by atoms with Crippen LogP contribution in [-0.2, 0) is 4.79 Å². The Morgan fingerprint density at radius 2 is 2.25 bits per heavy atom. The van der Waals surface area contributed by atoms with Gasteiger partial charge in [-0.2, -0.15) is 0 Å². The van der Waals surface area contributed by atoms with Crippen molar-refractivity contribution in [1.29, 1.82) is 0 Å². The van der Waals surface area contributed by atoms with Crippen LogP contribution >= 0.6 is 0 Å². The minimum atomic E-state index is 0.00282. The molecule has 1 amide bonds. The van der Waals surface area contributed by atoms with Gasteiger partial charge in [-0.3, -0.25) is 4.79 Å². The number of carbonyl (C=O) groups excluding carboxylic acids is 1. The van der Waals surface area contributed by atoms with Crippen molar-refractivity contribution in [2.75, 3.05) is 22.5 Å². The Labute approximate surface area is 94.4 Å². The number of nitrogens with two attached hydrogens (primary N) is 1. The van der Waals surface area contributed by atoms with Crippen molar-refractivity contribution >= 4 is 23.0 Å². The highest BCUT2D eigenvalue weighted by Crippen LogP contribution is 2.36. The average molecular weight is 217 g/mol. The third-order valence-corrected chi connectivity index (χ3v) is 3.39. The average Bonchev–Trinajstić information content (AvgIpc) is 2.31. The predicted octanol–water partition coefficient (Wildman–Crippen LogP) is 1.58. The highest BCUT2D eigenvalue weighted by Gasteiger charge is 2.34. The van der Waals surface area contributed by atoms with Gasteiger partial charge in [0.15, 0.2) is 0 Å². The molecule has 0 spiro atoms. The number of nitrogen functional groups attached to an aromatic ring is 1. The lowest BCUT2D eigenvalue weighted by molar-refractivity contribution is -0.118. The van der Waals surface area contributed by atoms with Gasteiger partial charge in [0.05, 0.1) is 11.4 Å². The third kappa shape index (κ3) is 1.33. The molecule has 2 aliphatic rings. The van der Waals surface area contributed by atoms with E-state index in [9.17, 15) is 4.79 Å². The number of benzene rings is 1. The van der Waals surface area contributed by atoms with E-state index in [1.165, 1.54) is 0 Å². The van der Waals surface area contributed by atoms with Gasteiger partial charge in [0.1, 0.15) is 6.04 Å². The van der Waals surface area contributed by atoms with Crippen LogP contribution in [0, 0.1) is 0 Å². The van der Waals surface area contributed by atoms with Crippen molar-refractivity contribution in [2.24, 2.45) is 0 Å². The Kier molecular flexibility index (Phi) is 2.02. The number of hydrogen-bond donors (Lipinski definition) is 2. The summed E-state index contributed by atoms with van der Waals surface area (Å²) in [5, 5.41) is 2.95. The van der Waals surface area contributed by atoms with E-state index in [1.54, 1.807) is 0 Å². The zero-order valence-electron chi connectivity index (χ0n) is 9.07. The zero-order chi connectivity index (χ0) is 11.1. The van der Waals surface area contributed by atoms with Crippen molar-refractivity contribution in [2.45, 2.75) is 25.3 Å². The molecule has 0 radical (unpaired) electrons. The first-order valence-electron chi connectivity index (χ1n) is 5.73. The monoisotopic (exact) mass is 217 g/mol. The zero-order valence-corrected chi connectivity index (χ0v) is 9.07. The molecule has 1 atom stereocenters. The number of anilines is 3. The largest absolute Gasteiger partial charge is 0.399 e. The summed E-state index contributed by atoms with van der Waals surface area (Å²) < 4.78 is 0. The molecule has 84 valence electrons. The van der Waals surface area contributed by atoms with Crippen molar-refractivity contribution < 1.29 is 4.79 Å². The fourth-order valence-electron chi connectivity index (χ4n) is 2.60. The minimum absolute atomic E-state index is 0.00282. The maximum atomic E-state index is 11.9. The number of nitrogens with one attached hydrogen (secondary N) is 1. The van der Waals surface area contributed by atoms with Crippen molar-refractivity contribution in [3.63, 3.8) is 0 Å². The summed E-state index contributed by atoms with van der Waals surface area (Å²) in [6.07, 6.45) is 3.23. The molecule has 3 rings (SSSR count). The molecular formula is C12H15N3O. The van der Waals surface area contributed by atoms with Crippen LogP contribution in [0.25, 0.3) is 0 Å². The van der Waals surface area contributed by atoms with Crippen molar-refractivity contribution in [3.8, 4) is 0 Å². The number of piperidine rings is 1. The van der Waals surface area contributed by atoms with Gasteiger partial charge in [-0.1, -0.05) is 0 Å². The van der Waals surface area contributed by atoms with E-state index in [4.69, 9.17) is 5.73 Å². The molecule has 2 aliphatic heterocycles. The van der Waals surface area contributed by atoms with Crippen LogP contribution in [-0.4, -0.2) is 18.5 Å². The molecule has 1 aromatic carbocycles. The van der Waals surface area contributed by atoms with Gasteiger partial charge in [-0.05, 0) is 37.5 Å². The smallest absolute Gasteiger partial charge is 0.247 e. The van der Waals surface area contributed by atoms with E-state index in [-0.39, 0.29) is 11.9 Å². The molecule has 1 saturated heterocycles. The quantitative estimate of drug-likeness (QED) is 0.649. The highest BCUT2D eigenvalue weighted by atomic mass is 16.2. The van der Waals surface area contributed by atoms with Crippen molar-refractivity contribution in [1.82, 2.24) is 0 Å². The van der Waals surface area contributed by atoms with Crippen LogP contribution in [0.3, 0.4) is 0 Å². The first kappa shape index (κ1) is 9.51. The minimum Gasteiger partial charge on any atom is -0.399 e. The van der Waals surface area contributed by atoms with E-state index in [2.05, 4.69) is 10.2 Å². The molecule has 4 nitrogen and oxygen atoms in total. The number of nitrogens with zero attached hydrogens (tertiary/aromatic N) is 1. The van der Waals surface area contributed by atoms with Gasteiger partial charge < -0.3 is 16.0 Å². The SMILES string of the molecule is Nc1ccc2c(c1)N1CCCCC1C(=O)N2. The maximum Gasteiger partial charge on any atom is 0.247 e. The van der Waals surface area contributed by atoms with Gasteiger partial charge in [0.25, 0.3) is 0 Å². The molecule has 16 heavy (non-hydrogen) atoms. The summed E-state index contributed by atoms with van der Waals surface area (Å²) >= 11 is 0. The number of carbonyl (C=O) groups is 1. The maximum absolute atomic E-state index is 11.9.